The van der Waals surface area contributed by atoms with Gasteiger partial charge in [-0.1, -0.05) is 47.5 Å². The molecule has 5 rings (SSSR count). The van der Waals surface area contributed by atoms with E-state index in [-0.39, 0.29) is 30.2 Å². The van der Waals surface area contributed by atoms with Gasteiger partial charge in [-0.3, -0.25) is 4.79 Å². The minimum absolute atomic E-state index is 0.0502. The number of hydrogen-bond acceptors (Lipinski definition) is 4. The molecule has 0 aliphatic heterocycles. The van der Waals surface area contributed by atoms with Crippen LogP contribution < -0.4 is 10.6 Å². The lowest BCUT2D eigenvalue weighted by Crippen LogP contribution is -2.30. The second-order valence-electron chi connectivity index (χ2n) is 9.05. The van der Waals surface area contributed by atoms with Gasteiger partial charge in [0.05, 0.1) is 21.4 Å². The van der Waals surface area contributed by atoms with E-state index >= 15 is 0 Å². The molecule has 3 aromatic carbocycles. The maximum atomic E-state index is 13.0. The largest absolute Gasteiger partial charge is 0.507 e. The van der Waals surface area contributed by atoms with E-state index in [9.17, 15) is 14.7 Å². The number of amides is 2. The Labute approximate surface area is 224 Å². The highest BCUT2D eigenvalue weighted by Crippen LogP contribution is 2.42. The summed E-state index contributed by atoms with van der Waals surface area (Å²) < 4.78 is 1.36. The second-order valence-corrected chi connectivity index (χ2v) is 9.86. The number of aromatic hydroxyl groups is 1. The van der Waals surface area contributed by atoms with E-state index in [1.54, 1.807) is 42.5 Å². The highest BCUT2D eigenvalue weighted by Gasteiger charge is 2.30. The average molecular weight is 535 g/mol. The summed E-state index contributed by atoms with van der Waals surface area (Å²) in [5.74, 6) is -0.0678. The van der Waals surface area contributed by atoms with Crippen LogP contribution in [-0.2, 0) is 6.54 Å². The third kappa shape index (κ3) is 5.48. The molecule has 3 N–H and O–H groups in total. The number of phenolic OH excluding ortho intramolecular Hbond substituents is 1. The fraction of sp³-hybridized carbons (Fsp3) is 0.179. The first-order valence-corrected chi connectivity index (χ1v) is 12.6. The van der Waals surface area contributed by atoms with Crippen molar-refractivity contribution in [2.75, 3.05) is 5.32 Å². The van der Waals surface area contributed by atoms with Gasteiger partial charge in [0.1, 0.15) is 5.75 Å². The molecular weight excluding hydrogens is 511 g/mol. The molecule has 1 saturated carbocycles. The number of phenols is 1. The molecule has 9 heteroatoms. The van der Waals surface area contributed by atoms with Crippen LogP contribution >= 0.6 is 23.2 Å². The number of nitrogens with one attached hydrogen (secondary N) is 2. The fourth-order valence-corrected chi connectivity index (χ4v) is 4.43. The summed E-state index contributed by atoms with van der Waals surface area (Å²) >= 11 is 12.0. The summed E-state index contributed by atoms with van der Waals surface area (Å²) in [4.78, 5) is 25.6. The smallest absolute Gasteiger partial charge is 0.342 e. The highest BCUT2D eigenvalue weighted by molar-refractivity contribution is 6.42. The van der Waals surface area contributed by atoms with Crippen molar-refractivity contribution in [3.63, 3.8) is 0 Å². The SMILES string of the molecule is Cc1ccccc1C(=O)Nc1ccc(-c2cc(C3CC3)n(C(=O)NCc3ccc(Cl)c(Cl)c3)n2)c(O)c1. The Morgan fingerprint density at radius 1 is 1.03 bits per heavy atom. The molecule has 0 spiro atoms. The predicted octanol–water partition coefficient (Wildman–Crippen LogP) is 6.76. The van der Waals surface area contributed by atoms with Crippen LogP contribution in [0.1, 0.15) is 45.9 Å². The Balaban J connectivity index is 1.34. The predicted molar refractivity (Wildman–Crippen MR) is 145 cm³/mol. The maximum absolute atomic E-state index is 13.0. The molecule has 37 heavy (non-hydrogen) atoms. The number of anilines is 1. The molecule has 188 valence electrons. The van der Waals surface area contributed by atoms with Crippen molar-refractivity contribution < 1.29 is 14.7 Å². The van der Waals surface area contributed by atoms with E-state index < -0.39 is 0 Å². The number of aryl methyl sites for hydroxylation is 1. The van der Waals surface area contributed by atoms with Crippen molar-refractivity contribution in [1.82, 2.24) is 15.1 Å². The van der Waals surface area contributed by atoms with Crippen molar-refractivity contribution in [1.29, 1.82) is 0 Å². The summed E-state index contributed by atoms with van der Waals surface area (Å²) in [7, 11) is 0. The zero-order valence-electron chi connectivity index (χ0n) is 20.0. The molecule has 0 bridgehead atoms. The summed E-state index contributed by atoms with van der Waals surface area (Å²) in [6, 6.07) is 18.8. The van der Waals surface area contributed by atoms with Gasteiger partial charge in [0.15, 0.2) is 0 Å². The van der Waals surface area contributed by atoms with Gasteiger partial charge in [-0.15, -0.1) is 0 Å². The lowest BCUT2D eigenvalue weighted by Gasteiger charge is -2.10. The fourth-order valence-electron chi connectivity index (χ4n) is 4.11. The molecule has 1 heterocycles. The van der Waals surface area contributed by atoms with E-state index in [2.05, 4.69) is 15.7 Å². The third-order valence-corrected chi connectivity index (χ3v) is 7.01. The summed E-state index contributed by atoms with van der Waals surface area (Å²) in [5, 5.41) is 21.8. The Morgan fingerprint density at radius 3 is 2.51 bits per heavy atom. The van der Waals surface area contributed by atoms with Gasteiger partial charge in [0, 0.05) is 35.3 Å². The van der Waals surface area contributed by atoms with Gasteiger partial charge >= 0.3 is 6.03 Å². The number of aromatic nitrogens is 2. The minimum atomic E-state index is -0.374. The van der Waals surface area contributed by atoms with Crippen molar-refractivity contribution in [2.45, 2.75) is 32.2 Å². The summed E-state index contributed by atoms with van der Waals surface area (Å²) in [6.07, 6.45) is 1.95. The standard InChI is InChI=1S/C28H24Cl2N4O3/c1-16-4-2-3-5-20(16)27(36)32-19-9-10-21(26(35)13-19)24-14-25(18-7-8-18)34(33-24)28(37)31-15-17-6-11-22(29)23(30)12-17/h2-6,9-14,18,35H,7-8,15H2,1H3,(H,31,37)(H,32,36). The van der Waals surface area contributed by atoms with Crippen LogP contribution in [0.3, 0.4) is 0 Å². The molecule has 0 radical (unpaired) electrons. The summed E-state index contributed by atoms with van der Waals surface area (Å²) in [6.45, 7) is 2.12. The average Bonchev–Trinajstić information content (AvgIpc) is 3.63. The third-order valence-electron chi connectivity index (χ3n) is 6.27. The normalized spacial score (nSPS) is 12.8. The van der Waals surface area contributed by atoms with Crippen LogP contribution in [-0.4, -0.2) is 26.8 Å². The molecule has 1 aliphatic rings. The van der Waals surface area contributed by atoms with Gasteiger partial charge in [-0.25, -0.2) is 4.79 Å². The van der Waals surface area contributed by atoms with E-state index in [0.29, 0.717) is 32.6 Å². The number of hydrogen-bond donors (Lipinski definition) is 3. The first-order valence-electron chi connectivity index (χ1n) is 11.8. The lowest BCUT2D eigenvalue weighted by atomic mass is 10.1. The van der Waals surface area contributed by atoms with Crippen LogP contribution in [0.4, 0.5) is 10.5 Å². The molecule has 1 aromatic heterocycles. The molecule has 1 fully saturated rings. The zero-order valence-corrected chi connectivity index (χ0v) is 21.5. The van der Waals surface area contributed by atoms with E-state index in [1.807, 2.05) is 25.1 Å². The van der Waals surface area contributed by atoms with Gasteiger partial charge in [-0.05, 0) is 67.3 Å². The van der Waals surface area contributed by atoms with E-state index in [0.717, 1.165) is 29.7 Å². The van der Waals surface area contributed by atoms with Gasteiger partial charge in [0.25, 0.3) is 5.91 Å². The maximum Gasteiger partial charge on any atom is 0.342 e. The van der Waals surface area contributed by atoms with E-state index in [4.69, 9.17) is 23.2 Å². The van der Waals surface area contributed by atoms with Crippen molar-refractivity contribution in [3.05, 3.63) is 99.2 Å². The molecule has 4 aromatic rings. The molecule has 0 atom stereocenters. The van der Waals surface area contributed by atoms with E-state index in [1.165, 1.54) is 10.7 Å². The molecule has 0 saturated heterocycles. The second kappa shape index (κ2) is 10.3. The monoisotopic (exact) mass is 534 g/mol. The van der Waals surface area contributed by atoms with Crippen LogP contribution in [0.2, 0.25) is 10.0 Å². The Bertz CT molecular complexity index is 1510. The number of carbonyl (C=O) groups is 2. The summed E-state index contributed by atoms with van der Waals surface area (Å²) in [5.41, 5.74) is 4.41. The molecule has 1 aliphatic carbocycles. The minimum Gasteiger partial charge on any atom is -0.507 e. The van der Waals surface area contributed by atoms with Gasteiger partial charge in [0.2, 0.25) is 0 Å². The van der Waals surface area contributed by atoms with Crippen LogP contribution in [0.5, 0.6) is 5.75 Å². The van der Waals surface area contributed by atoms with Crippen LogP contribution in [0, 0.1) is 6.92 Å². The zero-order chi connectivity index (χ0) is 26.1. The van der Waals surface area contributed by atoms with Crippen LogP contribution in [0.15, 0.2) is 66.7 Å². The Morgan fingerprint density at radius 2 is 1.81 bits per heavy atom. The van der Waals surface area contributed by atoms with Gasteiger partial charge < -0.3 is 15.7 Å². The molecule has 0 unspecified atom stereocenters. The van der Waals surface area contributed by atoms with Crippen molar-refractivity contribution >= 4 is 40.8 Å². The number of benzene rings is 3. The topological polar surface area (TPSA) is 96.3 Å². The number of carbonyl (C=O) groups excluding carboxylic acids is 2. The molecule has 2 amide bonds. The van der Waals surface area contributed by atoms with Crippen LogP contribution in [0.25, 0.3) is 11.3 Å². The first-order chi connectivity index (χ1) is 17.8. The Kier molecular flexibility index (Phi) is 6.91. The Hall–Kier alpha value is -3.81. The first kappa shape index (κ1) is 24.9. The molecule has 7 nitrogen and oxygen atoms in total. The highest BCUT2D eigenvalue weighted by atomic mass is 35.5. The number of rotatable bonds is 6. The quantitative estimate of drug-likeness (QED) is 0.254. The number of halogens is 2. The van der Waals surface area contributed by atoms with Gasteiger partial charge in [-0.2, -0.15) is 9.78 Å². The number of nitrogens with zero attached hydrogens (tertiary/aromatic N) is 2. The van der Waals surface area contributed by atoms with Crippen molar-refractivity contribution in [3.8, 4) is 17.0 Å². The molecular formula is C28H24Cl2N4O3. The lowest BCUT2D eigenvalue weighted by molar-refractivity contribution is 0.102. The van der Waals surface area contributed by atoms with Crippen molar-refractivity contribution in [2.24, 2.45) is 0 Å².